The molecule has 0 atom stereocenters. The Morgan fingerprint density at radius 3 is 2.82 bits per heavy atom. The van der Waals surface area contributed by atoms with Crippen molar-refractivity contribution in [2.75, 3.05) is 11.9 Å². The predicted octanol–water partition coefficient (Wildman–Crippen LogP) is 3.74. The Labute approximate surface area is 109 Å². The van der Waals surface area contributed by atoms with Gasteiger partial charge in [0.1, 0.15) is 12.0 Å². The first-order valence-corrected chi connectivity index (χ1v) is 6.48. The molecule has 1 N–H and O–H groups in total. The van der Waals surface area contributed by atoms with Crippen LogP contribution >= 0.6 is 15.9 Å². The summed E-state index contributed by atoms with van der Waals surface area (Å²) in [6.07, 6.45) is 5.97. The molecular weight excluding hydrogens is 286 g/mol. The number of pyridine rings is 1. The average Bonchev–Trinajstić information content (AvgIpc) is 2.30. The number of nitrogens with zero attached hydrogens (tertiary/aromatic N) is 2. The highest BCUT2D eigenvalue weighted by Crippen LogP contribution is 2.24. The van der Waals surface area contributed by atoms with Crippen LogP contribution in [0.3, 0.4) is 0 Å². The predicted molar refractivity (Wildman–Crippen MR) is 71.2 cm³/mol. The Hall–Kier alpha value is -1.17. The molecule has 0 spiro atoms. The number of rotatable bonds is 7. The van der Waals surface area contributed by atoms with Gasteiger partial charge in [0.2, 0.25) is 0 Å². The van der Waals surface area contributed by atoms with Gasteiger partial charge < -0.3 is 5.32 Å². The molecule has 5 nitrogen and oxygen atoms in total. The molecule has 1 rings (SSSR count). The molecule has 0 saturated heterocycles. The van der Waals surface area contributed by atoms with Crippen LogP contribution in [0, 0.1) is 10.1 Å². The third-order valence-corrected chi connectivity index (χ3v) is 2.96. The van der Waals surface area contributed by atoms with Crippen molar-refractivity contribution >= 4 is 27.4 Å². The molecule has 0 aromatic carbocycles. The number of halogens is 1. The van der Waals surface area contributed by atoms with Crippen LogP contribution in [0.15, 0.2) is 16.7 Å². The Morgan fingerprint density at radius 1 is 1.47 bits per heavy atom. The van der Waals surface area contributed by atoms with Crippen LogP contribution in [0.4, 0.5) is 11.5 Å². The highest BCUT2D eigenvalue weighted by atomic mass is 79.9. The van der Waals surface area contributed by atoms with E-state index >= 15 is 0 Å². The van der Waals surface area contributed by atoms with Gasteiger partial charge in [-0.25, -0.2) is 4.98 Å². The molecule has 0 fully saturated rings. The average molecular weight is 302 g/mol. The summed E-state index contributed by atoms with van der Waals surface area (Å²) in [4.78, 5) is 14.1. The molecule has 0 aliphatic rings. The summed E-state index contributed by atoms with van der Waals surface area (Å²) in [6.45, 7) is 3.01. The lowest BCUT2D eigenvalue weighted by molar-refractivity contribution is -0.385. The van der Waals surface area contributed by atoms with Crippen molar-refractivity contribution in [2.45, 2.75) is 32.6 Å². The molecule has 0 amide bonds. The molecule has 17 heavy (non-hydrogen) atoms. The minimum atomic E-state index is -0.456. The lowest BCUT2D eigenvalue weighted by atomic mass is 10.2. The second-order valence-corrected chi connectivity index (χ2v) is 4.62. The number of hydrogen-bond donors (Lipinski definition) is 1. The van der Waals surface area contributed by atoms with Crippen LogP contribution in [0.5, 0.6) is 0 Å². The van der Waals surface area contributed by atoms with E-state index in [0.717, 1.165) is 13.0 Å². The van der Waals surface area contributed by atoms with E-state index in [9.17, 15) is 10.1 Å². The molecule has 0 aliphatic heterocycles. The van der Waals surface area contributed by atoms with Gasteiger partial charge in [0.15, 0.2) is 0 Å². The van der Waals surface area contributed by atoms with Crippen LogP contribution in [0.2, 0.25) is 0 Å². The highest BCUT2D eigenvalue weighted by molar-refractivity contribution is 9.10. The molecule has 1 aromatic heterocycles. The fourth-order valence-corrected chi connectivity index (χ4v) is 1.89. The number of hydrogen-bond acceptors (Lipinski definition) is 4. The van der Waals surface area contributed by atoms with Gasteiger partial charge in [0, 0.05) is 12.6 Å². The molecule has 0 aliphatic carbocycles. The molecule has 0 saturated carbocycles. The summed E-state index contributed by atoms with van der Waals surface area (Å²) in [7, 11) is 0. The second-order valence-electron chi connectivity index (χ2n) is 3.77. The van der Waals surface area contributed by atoms with Crippen molar-refractivity contribution in [2.24, 2.45) is 0 Å². The van der Waals surface area contributed by atoms with Gasteiger partial charge in [-0.2, -0.15) is 0 Å². The van der Waals surface area contributed by atoms with Gasteiger partial charge in [-0.15, -0.1) is 0 Å². The van der Waals surface area contributed by atoms with Gasteiger partial charge >= 0.3 is 0 Å². The van der Waals surface area contributed by atoms with E-state index < -0.39 is 4.92 Å². The van der Waals surface area contributed by atoms with Crippen LogP contribution in [-0.4, -0.2) is 16.5 Å². The molecule has 1 heterocycles. The molecule has 1 aromatic rings. The fraction of sp³-hybridized carbons (Fsp3) is 0.545. The van der Waals surface area contributed by atoms with Crippen LogP contribution < -0.4 is 5.32 Å². The maximum Gasteiger partial charge on any atom is 0.288 e. The molecule has 94 valence electrons. The summed E-state index contributed by atoms with van der Waals surface area (Å²) >= 11 is 3.27. The van der Waals surface area contributed by atoms with E-state index in [2.05, 4.69) is 33.2 Å². The van der Waals surface area contributed by atoms with Crippen molar-refractivity contribution in [3.8, 4) is 0 Å². The van der Waals surface area contributed by atoms with E-state index in [4.69, 9.17) is 0 Å². The van der Waals surface area contributed by atoms with E-state index in [1.54, 1.807) is 0 Å². The minimum absolute atomic E-state index is 0.00610. The highest BCUT2D eigenvalue weighted by Gasteiger charge is 2.09. The zero-order chi connectivity index (χ0) is 12.7. The topological polar surface area (TPSA) is 68.1 Å². The van der Waals surface area contributed by atoms with Crippen molar-refractivity contribution in [3.63, 3.8) is 0 Å². The fourth-order valence-electron chi connectivity index (χ4n) is 1.42. The lowest BCUT2D eigenvalue weighted by Gasteiger charge is -2.06. The number of anilines is 1. The molecular formula is C11H16BrN3O2. The summed E-state index contributed by atoms with van der Waals surface area (Å²) in [5.74, 6) is 0.659. The minimum Gasteiger partial charge on any atom is -0.369 e. The molecule has 0 radical (unpaired) electrons. The monoisotopic (exact) mass is 301 g/mol. The smallest absolute Gasteiger partial charge is 0.288 e. The van der Waals surface area contributed by atoms with E-state index in [-0.39, 0.29) is 5.69 Å². The lowest BCUT2D eigenvalue weighted by Crippen LogP contribution is -2.04. The largest absolute Gasteiger partial charge is 0.369 e. The number of aromatic nitrogens is 1. The Morgan fingerprint density at radius 2 is 2.24 bits per heavy atom. The SMILES string of the molecule is CCCCCCNc1ncc([N+](=O)[O-])cc1Br. The van der Waals surface area contributed by atoms with E-state index in [0.29, 0.717) is 10.3 Å². The Bertz CT molecular complexity index is 385. The molecule has 6 heteroatoms. The van der Waals surface area contributed by atoms with E-state index in [1.165, 1.54) is 31.5 Å². The molecule has 0 bridgehead atoms. The third-order valence-electron chi connectivity index (χ3n) is 2.36. The first-order chi connectivity index (χ1) is 8.15. The zero-order valence-electron chi connectivity index (χ0n) is 9.78. The quantitative estimate of drug-likeness (QED) is 0.473. The van der Waals surface area contributed by atoms with Gasteiger partial charge in [-0.3, -0.25) is 10.1 Å². The summed E-state index contributed by atoms with van der Waals surface area (Å²) in [5, 5.41) is 13.7. The van der Waals surface area contributed by atoms with Crippen LogP contribution in [0.1, 0.15) is 32.6 Å². The van der Waals surface area contributed by atoms with Crippen molar-refractivity contribution < 1.29 is 4.92 Å². The summed E-state index contributed by atoms with van der Waals surface area (Å²) in [6, 6.07) is 1.46. The Kier molecular flexibility index (Phi) is 5.90. The first-order valence-electron chi connectivity index (χ1n) is 5.69. The summed E-state index contributed by atoms with van der Waals surface area (Å²) < 4.78 is 0.627. The standard InChI is InChI=1S/C11H16BrN3O2/c1-2-3-4-5-6-13-11-10(12)7-9(8-14-11)15(16)17/h7-8H,2-6H2,1H3,(H,13,14). The van der Waals surface area contributed by atoms with E-state index in [1.807, 2.05) is 0 Å². The van der Waals surface area contributed by atoms with Crippen molar-refractivity contribution in [3.05, 3.63) is 26.9 Å². The van der Waals surface area contributed by atoms with Crippen LogP contribution in [0.25, 0.3) is 0 Å². The first kappa shape index (κ1) is 13.9. The van der Waals surface area contributed by atoms with Crippen molar-refractivity contribution in [1.82, 2.24) is 4.98 Å². The Balaban J connectivity index is 2.46. The third kappa shape index (κ3) is 4.68. The van der Waals surface area contributed by atoms with Crippen LogP contribution in [-0.2, 0) is 0 Å². The number of nitro groups is 1. The number of nitrogens with one attached hydrogen (secondary N) is 1. The van der Waals surface area contributed by atoms with Gasteiger partial charge in [-0.1, -0.05) is 26.2 Å². The van der Waals surface area contributed by atoms with Gasteiger partial charge in [0.05, 0.1) is 9.40 Å². The van der Waals surface area contributed by atoms with Gasteiger partial charge in [0.25, 0.3) is 5.69 Å². The zero-order valence-corrected chi connectivity index (χ0v) is 11.4. The van der Waals surface area contributed by atoms with Gasteiger partial charge in [-0.05, 0) is 22.4 Å². The number of unbranched alkanes of at least 4 members (excludes halogenated alkanes) is 3. The maximum atomic E-state index is 10.5. The normalized spacial score (nSPS) is 10.2. The summed E-state index contributed by atoms with van der Waals surface area (Å²) in [5.41, 5.74) is -0.00610. The second kappa shape index (κ2) is 7.21. The maximum absolute atomic E-state index is 10.5. The van der Waals surface area contributed by atoms with Crippen molar-refractivity contribution in [1.29, 1.82) is 0 Å². The molecule has 0 unspecified atom stereocenters.